The fraction of sp³-hybridized carbons (Fsp3) is 0.462. The van der Waals surface area contributed by atoms with Crippen molar-refractivity contribution < 1.29 is 22.7 Å². The highest BCUT2D eigenvalue weighted by Gasteiger charge is 2.32. The number of hydrogen-bond acceptors (Lipinski definition) is 3. The third-order valence-electron chi connectivity index (χ3n) is 3.12. The van der Waals surface area contributed by atoms with Crippen LogP contribution >= 0.6 is 0 Å². The molecule has 20 heavy (non-hydrogen) atoms. The molecule has 110 valence electrons. The summed E-state index contributed by atoms with van der Waals surface area (Å²) in [7, 11) is 0. The highest BCUT2D eigenvalue weighted by Crippen LogP contribution is 2.33. The Morgan fingerprint density at radius 3 is 2.70 bits per heavy atom. The molecule has 1 amide bonds. The molecule has 0 spiro atoms. The molecule has 1 aromatic rings. The number of rotatable bonds is 3. The molecule has 1 saturated heterocycles. The zero-order valence-electron chi connectivity index (χ0n) is 10.7. The van der Waals surface area contributed by atoms with Crippen LogP contribution in [-0.4, -0.2) is 25.1 Å². The number of carbonyl (C=O) groups is 1. The number of halogens is 3. The van der Waals surface area contributed by atoms with Gasteiger partial charge in [-0.2, -0.15) is 13.2 Å². The summed E-state index contributed by atoms with van der Waals surface area (Å²) in [5, 5.41) is 3.12. The number of primary amides is 1. The van der Waals surface area contributed by atoms with E-state index in [4.69, 9.17) is 10.5 Å². The Kier molecular flexibility index (Phi) is 4.17. The molecule has 0 radical (unpaired) electrons. The van der Waals surface area contributed by atoms with Gasteiger partial charge in [0.2, 0.25) is 0 Å². The summed E-state index contributed by atoms with van der Waals surface area (Å²) in [5.74, 6) is -0.839. The molecule has 0 unspecified atom stereocenters. The van der Waals surface area contributed by atoms with Gasteiger partial charge in [0.1, 0.15) is 11.9 Å². The number of benzene rings is 1. The molecule has 4 nitrogen and oxygen atoms in total. The number of ether oxygens (including phenoxy) is 1. The average molecular weight is 288 g/mol. The Labute approximate surface area is 114 Å². The molecule has 1 aliphatic rings. The Morgan fingerprint density at radius 1 is 1.40 bits per heavy atom. The molecule has 0 aliphatic carbocycles. The van der Waals surface area contributed by atoms with Crippen molar-refractivity contribution in [3.05, 3.63) is 29.3 Å². The molecule has 1 heterocycles. The molecule has 3 N–H and O–H groups in total. The minimum atomic E-state index is -4.52. The van der Waals surface area contributed by atoms with Crippen LogP contribution in [0.5, 0.6) is 5.75 Å². The van der Waals surface area contributed by atoms with Crippen molar-refractivity contribution in [1.29, 1.82) is 0 Å². The van der Waals surface area contributed by atoms with Gasteiger partial charge in [0, 0.05) is 6.54 Å². The second-order valence-corrected chi connectivity index (χ2v) is 4.66. The number of hydrogen-bond donors (Lipinski definition) is 2. The zero-order chi connectivity index (χ0) is 14.8. The van der Waals surface area contributed by atoms with Crippen molar-refractivity contribution in [1.82, 2.24) is 5.32 Å². The average Bonchev–Trinajstić information content (AvgIpc) is 2.38. The van der Waals surface area contributed by atoms with E-state index in [9.17, 15) is 18.0 Å². The first-order valence-electron chi connectivity index (χ1n) is 6.26. The summed E-state index contributed by atoms with van der Waals surface area (Å²) in [5.41, 5.74) is 3.97. The number of amides is 1. The predicted molar refractivity (Wildman–Crippen MR) is 66.5 cm³/mol. The van der Waals surface area contributed by atoms with Crippen molar-refractivity contribution in [2.75, 3.05) is 13.1 Å². The van der Waals surface area contributed by atoms with Gasteiger partial charge < -0.3 is 15.8 Å². The van der Waals surface area contributed by atoms with Crippen LogP contribution in [0.1, 0.15) is 28.8 Å². The maximum Gasteiger partial charge on any atom is 0.416 e. The Bertz CT molecular complexity index is 497. The van der Waals surface area contributed by atoms with Gasteiger partial charge in [-0.15, -0.1) is 0 Å². The Balaban J connectivity index is 2.25. The lowest BCUT2D eigenvalue weighted by molar-refractivity contribution is -0.137. The van der Waals surface area contributed by atoms with Crippen molar-refractivity contribution in [3.63, 3.8) is 0 Å². The van der Waals surface area contributed by atoms with Crippen LogP contribution in [0.25, 0.3) is 0 Å². The van der Waals surface area contributed by atoms with Gasteiger partial charge in [0.05, 0.1) is 11.1 Å². The van der Waals surface area contributed by atoms with E-state index in [2.05, 4.69) is 5.32 Å². The van der Waals surface area contributed by atoms with E-state index < -0.39 is 17.6 Å². The third kappa shape index (κ3) is 3.41. The van der Waals surface area contributed by atoms with Crippen LogP contribution in [0.2, 0.25) is 0 Å². The van der Waals surface area contributed by atoms with E-state index in [1.54, 1.807) is 0 Å². The molecule has 1 fully saturated rings. The molecule has 0 saturated carbocycles. The minimum Gasteiger partial charge on any atom is -0.488 e. The third-order valence-corrected chi connectivity index (χ3v) is 3.12. The summed E-state index contributed by atoms with van der Waals surface area (Å²) in [6.45, 7) is 1.48. The molecule has 1 aliphatic heterocycles. The molecule has 2 rings (SSSR count). The van der Waals surface area contributed by atoms with Gasteiger partial charge in [0.25, 0.3) is 5.91 Å². The number of nitrogens with two attached hydrogens (primary N) is 1. The smallest absolute Gasteiger partial charge is 0.416 e. The summed E-state index contributed by atoms with van der Waals surface area (Å²) < 4.78 is 43.4. The maximum absolute atomic E-state index is 12.6. The van der Waals surface area contributed by atoms with Gasteiger partial charge >= 0.3 is 6.18 Å². The van der Waals surface area contributed by atoms with Crippen LogP contribution in [0, 0.1) is 0 Å². The van der Waals surface area contributed by atoms with Crippen LogP contribution in [-0.2, 0) is 6.18 Å². The van der Waals surface area contributed by atoms with E-state index in [0.29, 0.717) is 6.54 Å². The molecular weight excluding hydrogens is 273 g/mol. The molecular formula is C13H15F3N2O2. The number of piperidine rings is 1. The quantitative estimate of drug-likeness (QED) is 0.893. The summed E-state index contributed by atoms with van der Waals surface area (Å²) in [4.78, 5) is 11.3. The Morgan fingerprint density at radius 2 is 2.15 bits per heavy atom. The van der Waals surface area contributed by atoms with Gasteiger partial charge in [-0.3, -0.25) is 4.79 Å². The number of carbonyl (C=O) groups excluding carboxylic acids is 1. The predicted octanol–water partition coefficient (Wildman–Crippen LogP) is 1.94. The topological polar surface area (TPSA) is 64.4 Å². The van der Waals surface area contributed by atoms with E-state index in [1.165, 1.54) is 0 Å². The van der Waals surface area contributed by atoms with Gasteiger partial charge in [0.15, 0.2) is 0 Å². The van der Waals surface area contributed by atoms with E-state index in [-0.39, 0.29) is 17.4 Å². The van der Waals surface area contributed by atoms with Crippen LogP contribution in [0.15, 0.2) is 18.2 Å². The molecule has 0 bridgehead atoms. The van der Waals surface area contributed by atoms with Gasteiger partial charge in [-0.25, -0.2) is 0 Å². The lowest BCUT2D eigenvalue weighted by atomic mass is 10.1. The van der Waals surface area contributed by atoms with Gasteiger partial charge in [-0.1, -0.05) is 0 Å². The lowest BCUT2D eigenvalue weighted by Gasteiger charge is -2.25. The van der Waals surface area contributed by atoms with Crippen molar-refractivity contribution >= 4 is 5.91 Å². The van der Waals surface area contributed by atoms with E-state index in [0.717, 1.165) is 37.6 Å². The molecule has 1 atom stereocenters. The fourth-order valence-electron chi connectivity index (χ4n) is 2.10. The second-order valence-electron chi connectivity index (χ2n) is 4.66. The van der Waals surface area contributed by atoms with Crippen LogP contribution < -0.4 is 15.8 Å². The lowest BCUT2D eigenvalue weighted by Crippen LogP contribution is -2.37. The number of alkyl halides is 3. The minimum absolute atomic E-state index is 0.0965. The van der Waals surface area contributed by atoms with Crippen molar-refractivity contribution in [2.45, 2.75) is 25.1 Å². The summed E-state index contributed by atoms with van der Waals surface area (Å²) in [6, 6.07) is 2.77. The fourth-order valence-corrected chi connectivity index (χ4v) is 2.10. The zero-order valence-corrected chi connectivity index (χ0v) is 10.7. The first kappa shape index (κ1) is 14.6. The maximum atomic E-state index is 12.6. The van der Waals surface area contributed by atoms with Crippen molar-refractivity contribution in [3.8, 4) is 5.75 Å². The first-order valence-corrected chi connectivity index (χ1v) is 6.26. The molecule has 0 aromatic heterocycles. The SMILES string of the molecule is NC(=O)c1cc(C(F)(F)F)ccc1O[C@H]1CCCNC1. The van der Waals surface area contributed by atoms with Crippen molar-refractivity contribution in [2.24, 2.45) is 5.73 Å². The second kappa shape index (κ2) is 5.70. The Hall–Kier alpha value is -1.76. The van der Waals surface area contributed by atoms with Crippen LogP contribution in [0.4, 0.5) is 13.2 Å². The normalized spacial score (nSPS) is 19.6. The monoisotopic (exact) mass is 288 g/mol. The summed E-state index contributed by atoms with van der Waals surface area (Å²) >= 11 is 0. The number of nitrogens with one attached hydrogen (secondary N) is 1. The summed E-state index contributed by atoms with van der Waals surface area (Å²) in [6.07, 6.45) is -2.99. The highest BCUT2D eigenvalue weighted by atomic mass is 19.4. The molecule has 7 heteroatoms. The standard InChI is InChI=1S/C13H15F3N2O2/c14-13(15,16)8-3-4-11(10(6-8)12(17)19)20-9-2-1-5-18-7-9/h3-4,6,9,18H,1-2,5,7H2,(H2,17,19)/t9-/m0/s1. The first-order chi connectivity index (χ1) is 9.38. The van der Waals surface area contributed by atoms with E-state index >= 15 is 0 Å². The van der Waals surface area contributed by atoms with E-state index in [1.807, 2.05) is 0 Å². The van der Waals surface area contributed by atoms with Gasteiger partial charge in [-0.05, 0) is 37.6 Å². The van der Waals surface area contributed by atoms with Crippen LogP contribution in [0.3, 0.4) is 0 Å². The largest absolute Gasteiger partial charge is 0.488 e. The molecule has 1 aromatic carbocycles. The highest BCUT2D eigenvalue weighted by molar-refractivity contribution is 5.95.